The first-order chi connectivity index (χ1) is 5.65. The predicted octanol–water partition coefficient (Wildman–Crippen LogP) is -0.922. The maximum Gasteiger partial charge on any atom is 0.508 e. The van der Waals surface area contributed by atoms with Crippen LogP contribution in [0, 0.1) is 6.92 Å². The maximum absolute atomic E-state index is 8.76. The van der Waals surface area contributed by atoms with E-state index in [0.29, 0.717) is 11.4 Å². The zero-order chi connectivity index (χ0) is 9.14. The monoisotopic (exact) mass is 167 g/mol. The van der Waals surface area contributed by atoms with E-state index in [4.69, 9.17) is 14.8 Å². The zero-order valence-corrected chi connectivity index (χ0v) is 6.98. The summed E-state index contributed by atoms with van der Waals surface area (Å²) in [7, 11) is 0.0219. The van der Waals surface area contributed by atoms with Crippen LogP contribution in [0.3, 0.4) is 0 Å². The summed E-state index contributed by atoms with van der Waals surface area (Å²) in [5.41, 5.74) is 0.872. The molecule has 4 nitrogen and oxygen atoms in total. The van der Waals surface area contributed by atoms with Gasteiger partial charge < -0.3 is 14.8 Å². The number of pyridine rings is 1. The Balaban J connectivity index is 3.02. The normalized spacial score (nSPS) is 9.67. The van der Waals surface area contributed by atoms with E-state index in [9.17, 15) is 0 Å². The van der Waals surface area contributed by atoms with Crippen molar-refractivity contribution in [2.45, 2.75) is 6.92 Å². The lowest BCUT2D eigenvalue weighted by Crippen LogP contribution is -2.32. The van der Waals surface area contributed by atoms with E-state index < -0.39 is 7.12 Å². The van der Waals surface area contributed by atoms with Gasteiger partial charge in [0.2, 0.25) is 0 Å². The lowest BCUT2D eigenvalue weighted by Gasteiger charge is -2.04. The first kappa shape index (κ1) is 9.03. The van der Waals surface area contributed by atoms with Crippen molar-refractivity contribution >= 4 is 12.7 Å². The van der Waals surface area contributed by atoms with Gasteiger partial charge >= 0.3 is 7.12 Å². The molecular formula is C7H10BNO3. The lowest BCUT2D eigenvalue weighted by molar-refractivity contribution is 0.408. The molecule has 0 fully saturated rings. The van der Waals surface area contributed by atoms with Crippen LogP contribution in [0.4, 0.5) is 0 Å². The van der Waals surface area contributed by atoms with Crippen LogP contribution >= 0.6 is 0 Å². The Kier molecular flexibility index (Phi) is 2.67. The molecule has 0 atom stereocenters. The Hall–Kier alpha value is -1.07. The van der Waals surface area contributed by atoms with Crippen molar-refractivity contribution in [1.82, 2.24) is 4.98 Å². The van der Waals surface area contributed by atoms with Crippen LogP contribution < -0.4 is 10.3 Å². The van der Waals surface area contributed by atoms with Crippen LogP contribution in [-0.4, -0.2) is 29.3 Å². The summed E-state index contributed by atoms with van der Waals surface area (Å²) in [6.45, 7) is 1.74. The van der Waals surface area contributed by atoms with Gasteiger partial charge in [0.05, 0.1) is 18.4 Å². The fourth-order valence-electron chi connectivity index (χ4n) is 0.927. The highest BCUT2D eigenvalue weighted by molar-refractivity contribution is 6.57. The number of hydrogen-bond acceptors (Lipinski definition) is 4. The zero-order valence-electron chi connectivity index (χ0n) is 6.98. The lowest BCUT2D eigenvalue weighted by atomic mass is 9.85. The molecule has 1 aromatic heterocycles. The molecular weight excluding hydrogens is 157 g/mol. The molecule has 0 aliphatic rings. The standard InChI is InChI=1S/C7H10BNO3/c1-5-6(12-2)3-4-7(9-5)8(10)11/h3-4,10-11H,1-2H3. The highest BCUT2D eigenvalue weighted by atomic mass is 16.5. The Labute approximate surface area is 71.0 Å². The second kappa shape index (κ2) is 3.56. The van der Waals surface area contributed by atoms with Crippen LogP contribution in [-0.2, 0) is 0 Å². The summed E-state index contributed by atoms with van der Waals surface area (Å²) >= 11 is 0. The first-order valence-corrected chi connectivity index (χ1v) is 3.53. The second-order valence-electron chi connectivity index (χ2n) is 2.40. The molecule has 0 radical (unpaired) electrons. The Bertz CT molecular complexity index is 277. The molecule has 1 rings (SSSR count). The summed E-state index contributed by atoms with van der Waals surface area (Å²) in [5, 5.41) is 17.5. The van der Waals surface area contributed by atoms with E-state index >= 15 is 0 Å². The van der Waals surface area contributed by atoms with Crippen LogP contribution in [0.5, 0.6) is 5.75 Å². The van der Waals surface area contributed by atoms with Gasteiger partial charge in [0.1, 0.15) is 5.75 Å². The fraction of sp³-hybridized carbons (Fsp3) is 0.286. The molecule has 2 N–H and O–H groups in total. The Morgan fingerprint density at radius 3 is 2.50 bits per heavy atom. The van der Waals surface area contributed by atoms with Crippen molar-refractivity contribution < 1.29 is 14.8 Å². The van der Waals surface area contributed by atoms with Gasteiger partial charge in [0.15, 0.2) is 0 Å². The molecule has 5 heteroatoms. The van der Waals surface area contributed by atoms with E-state index in [1.807, 2.05) is 0 Å². The predicted molar refractivity (Wildman–Crippen MR) is 45.4 cm³/mol. The summed E-state index contributed by atoms with van der Waals surface area (Å²) in [6, 6.07) is 3.16. The van der Waals surface area contributed by atoms with E-state index in [2.05, 4.69) is 4.98 Å². The first-order valence-electron chi connectivity index (χ1n) is 3.53. The van der Waals surface area contributed by atoms with Crippen LogP contribution in [0.25, 0.3) is 0 Å². The van der Waals surface area contributed by atoms with Gasteiger partial charge in [-0.2, -0.15) is 0 Å². The van der Waals surface area contributed by atoms with E-state index in [0.717, 1.165) is 0 Å². The largest absolute Gasteiger partial charge is 0.508 e. The number of nitrogens with zero attached hydrogens (tertiary/aromatic N) is 1. The molecule has 1 heterocycles. The van der Waals surface area contributed by atoms with Gasteiger partial charge in [-0.3, -0.25) is 4.98 Å². The number of rotatable bonds is 2. The quantitative estimate of drug-likeness (QED) is 0.559. The van der Waals surface area contributed by atoms with Crippen molar-refractivity contribution in [3.63, 3.8) is 0 Å². The number of aromatic nitrogens is 1. The fourth-order valence-corrected chi connectivity index (χ4v) is 0.927. The molecule has 12 heavy (non-hydrogen) atoms. The topological polar surface area (TPSA) is 62.6 Å². The van der Waals surface area contributed by atoms with Gasteiger partial charge in [-0.1, -0.05) is 0 Å². The molecule has 0 aliphatic heterocycles. The van der Waals surface area contributed by atoms with Crippen molar-refractivity contribution in [2.24, 2.45) is 0 Å². The van der Waals surface area contributed by atoms with Crippen LogP contribution in [0.15, 0.2) is 12.1 Å². The van der Waals surface area contributed by atoms with Crippen LogP contribution in [0.1, 0.15) is 5.69 Å². The number of ether oxygens (including phenoxy) is 1. The third-order valence-corrected chi connectivity index (χ3v) is 1.54. The van der Waals surface area contributed by atoms with Gasteiger partial charge in [0.25, 0.3) is 0 Å². The highest BCUT2D eigenvalue weighted by Gasteiger charge is 2.13. The van der Waals surface area contributed by atoms with Gasteiger partial charge in [-0.05, 0) is 19.1 Å². The van der Waals surface area contributed by atoms with Gasteiger partial charge in [-0.15, -0.1) is 0 Å². The van der Waals surface area contributed by atoms with E-state index in [1.165, 1.54) is 6.07 Å². The summed E-state index contributed by atoms with van der Waals surface area (Å²) in [6.07, 6.45) is 0. The third-order valence-electron chi connectivity index (χ3n) is 1.54. The van der Waals surface area contributed by atoms with Gasteiger partial charge in [0, 0.05) is 0 Å². The highest BCUT2D eigenvalue weighted by Crippen LogP contribution is 2.11. The Morgan fingerprint density at radius 2 is 2.08 bits per heavy atom. The average molecular weight is 167 g/mol. The molecule has 0 aromatic carbocycles. The molecule has 0 aliphatic carbocycles. The van der Waals surface area contributed by atoms with E-state index in [1.54, 1.807) is 20.1 Å². The number of aryl methyl sites for hydroxylation is 1. The molecule has 0 spiro atoms. The molecule has 0 saturated heterocycles. The molecule has 1 aromatic rings. The van der Waals surface area contributed by atoms with Crippen molar-refractivity contribution in [3.05, 3.63) is 17.8 Å². The second-order valence-corrected chi connectivity index (χ2v) is 2.40. The average Bonchev–Trinajstić information content (AvgIpc) is 2.04. The van der Waals surface area contributed by atoms with Crippen LogP contribution in [0.2, 0.25) is 0 Å². The maximum atomic E-state index is 8.76. The summed E-state index contributed by atoms with van der Waals surface area (Å²) in [5.74, 6) is 0.638. The smallest absolute Gasteiger partial charge is 0.495 e. The number of methoxy groups -OCH3 is 1. The minimum absolute atomic E-state index is 0.230. The van der Waals surface area contributed by atoms with Crippen molar-refractivity contribution in [3.8, 4) is 5.75 Å². The molecule has 0 unspecified atom stereocenters. The number of hydrogen-bond donors (Lipinski definition) is 2. The summed E-state index contributed by atoms with van der Waals surface area (Å²) in [4.78, 5) is 3.92. The Morgan fingerprint density at radius 1 is 1.42 bits per heavy atom. The van der Waals surface area contributed by atoms with E-state index in [-0.39, 0.29) is 5.59 Å². The minimum Gasteiger partial charge on any atom is -0.495 e. The summed E-state index contributed by atoms with van der Waals surface area (Å²) < 4.78 is 4.95. The van der Waals surface area contributed by atoms with Crippen molar-refractivity contribution in [1.29, 1.82) is 0 Å². The van der Waals surface area contributed by atoms with Crippen molar-refractivity contribution in [2.75, 3.05) is 7.11 Å². The minimum atomic E-state index is -1.52. The molecule has 0 amide bonds. The third kappa shape index (κ3) is 1.75. The van der Waals surface area contributed by atoms with Gasteiger partial charge in [-0.25, -0.2) is 0 Å². The molecule has 64 valence electrons. The molecule has 0 saturated carbocycles. The SMILES string of the molecule is COc1ccc(B(O)O)nc1C. The molecule has 0 bridgehead atoms.